The van der Waals surface area contributed by atoms with Crippen molar-refractivity contribution in [2.24, 2.45) is 0 Å². The van der Waals surface area contributed by atoms with Crippen LogP contribution in [-0.2, 0) is 0 Å². The number of hydrogen-bond acceptors (Lipinski definition) is 0. The second kappa shape index (κ2) is 6.36. The summed E-state index contributed by atoms with van der Waals surface area (Å²) in [6, 6.07) is 34.9. The van der Waals surface area contributed by atoms with E-state index in [0.29, 0.717) is 0 Å². The van der Waals surface area contributed by atoms with E-state index in [1.54, 1.807) is 0 Å². The highest BCUT2D eigenvalue weighted by Crippen LogP contribution is 2.33. The van der Waals surface area contributed by atoms with Gasteiger partial charge in [-0.15, -0.1) is 0 Å². The molecule has 0 aliphatic carbocycles. The van der Waals surface area contributed by atoms with Crippen molar-refractivity contribution >= 4 is 32.7 Å². The number of rotatable bonds is 2. The summed E-state index contributed by atoms with van der Waals surface area (Å²) in [5.74, 6) is 0. The molecular formula is C28H22N2. The van der Waals surface area contributed by atoms with Crippen LogP contribution in [0.5, 0.6) is 0 Å². The molecule has 30 heavy (non-hydrogen) atoms. The summed E-state index contributed by atoms with van der Waals surface area (Å²) in [4.78, 5) is 0. The largest absolute Gasteiger partial charge is 0.314 e. The predicted octanol–water partition coefficient (Wildman–Crippen LogP) is 7.34. The van der Waals surface area contributed by atoms with Crippen LogP contribution in [0.3, 0.4) is 0 Å². The van der Waals surface area contributed by atoms with Crippen LogP contribution in [0.2, 0.25) is 0 Å². The van der Waals surface area contributed by atoms with Crippen LogP contribution >= 0.6 is 0 Å². The quantitative estimate of drug-likeness (QED) is 0.294. The maximum Gasteiger partial charge on any atom is 0.0541 e. The minimum absolute atomic E-state index is 1.18. The van der Waals surface area contributed by atoms with E-state index in [1.165, 1.54) is 55.3 Å². The van der Waals surface area contributed by atoms with Gasteiger partial charge >= 0.3 is 0 Å². The molecule has 2 heterocycles. The highest BCUT2D eigenvalue weighted by atomic mass is 15.0. The Morgan fingerprint density at radius 3 is 1.37 bits per heavy atom. The summed E-state index contributed by atoms with van der Waals surface area (Å²) in [7, 11) is 0. The summed E-state index contributed by atoms with van der Waals surface area (Å²) in [6.07, 6.45) is 0. The first kappa shape index (κ1) is 17.1. The number of aromatic nitrogens is 2. The van der Waals surface area contributed by atoms with Crippen LogP contribution in [0, 0.1) is 13.8 Å². The number of hydrogen-bond donors (Lipinski definition) is 0. The zero-order valence-corrected chi connectivity index (χ0v) is 17.1. The zero-order chi connectivity index (χ0) is 20.2. The van der Waals surface area contributed by atoms with Gasteiger partial charge < -0.3 is 9.13 Å². The van der Waals surface area contributed by atoms with Crippen molar-refractivity contribution in [2.45, 2.75) is 13.8 Å². The third-order valence-electron chi connectivity index (χ3n) is 6.37. The van der Waals surface area contributed by atoms with Gasteiger partial charge in [0, 0.05) is 33.2 Å². The molecule has 144 valence electrons. The normalized spacial score (nSPS) is 11.7. The average molecular weight is 386 g/mol. The number of nitrogens with zero attached hydrogens (tertiary/aromatic N) is 2. The second-order valence-corrected chi connectivity index (χ2v) is 7.95. The maximum absolute atomic E-state index is 2.36. The van der Waals surface area contributed by atoms with Crippen LogP contribution in [0.25, 0.3) is 44.1 Å². The van der Waals surface area contributed by atoms with Crippen molar-refractivity contribution in [3.05, 3.63) is 108 Å². The van der Waals surface area contributed by atoms with Gasteiger partial charge in [0.25, 0.3) is 0 Å². The summed E-state index contributed by atoms with van der Waals surface area (Å²) < 4.78 is 4.72. The van der Waals surface area contributed by atoms with Gasteiger partial charge in [-0.25, -0.2) is 0 Å². The highest BCUT2D eigenvalue weighted by Gasteiger charge is 2.14. The molecular weight excluding hydrogens is 364 g/mol. The molecule has 0 amide bonds. The van der Waals surface area contributed by atoms with Crippen LogP contribution in [0.4, 0.5) is 0 Å². The zero-order valence-electron chi connectivity index (χ0n) is 17.1. The van der Waals surface area contributed by atoms with Crippen molar-refractivity contribution < 1.29 is 0 Å². The van der Waals surface area contributed by atoms with Crippen LogP contribution in [0.15, 0.2) is 97.1 Å². The molecule has 2 nitrogen and oxygen atoms in total. The average Bonchev–Trinajstić information content (AvgIpc) is 3.26. The molecule has 6 rings (SSSR count). The Morgan fingerprint density at radius 2 is 0.833 bits per heavy atom. The lowest BCUT2D eigenvalue weighted by atomic mass is 10.2. The van der Waals surface area contributed by atoms with E-state index in [9.17, 15) is 0 Å². The van der Waals surface area contributed by atoms with E-state index >= 15 is 0 Å². The van der Waals surface area contributed by atoms with Gasteiger partial charge in [-0.3, -0.25) is 0 Å². The Hall–Kier alpha value is -3.78. The molecule has 0 spiro atoms. The highest BCUT2D eigenvalue weighted by molar-refractivity contribution is 6.09. The first-order valence-electron chi connectivity index (χ1n) is 10.4. The van der Waals surface area contributed by atoms with Crippen molar-refractivity contribution in [1.82, 2.24) is 9.13 Å². The lowest BCUT2D eigenvalue weighted by Crippen LogP contribution is -1.98. The monoisotopic (exact) mass is 386 g/mol. The molecule has 0 saturated heterocycles. The fraction of sp³-hybridized carbons (Fsp3) is 0.0714. The third-order valence-corrected chi connectivity index (χ3v) is 6.37. The SMILES string of the molecule is Cc1c(C)n(-c2ccc(-n3c4ccccc4c4ccccc43)cc2)c2ccccc12. The number of para-hydroxylation sites is 3. The van der Waals surface area contributed by atoms with Crippen LogP contribution in [-0.4, -0.2) is 9.13 Å². The van der Waals surface area contributed by atoms with E-state index in [1.807, 2.05) is 0 Å². The van der Waals surface area contributed by atoms with Crippen molar-refractivity contribution in [1.29, 1.82) is 0 Å². The van der Waals surface area contributed by atoms with Crippen LogP contribution < -0.4 is 0 Å². The Labute approximate surface area is 175 Å². The topological polar surface area (TPSA) is 9.86 Å². The Bertz CT molecular complexity index is 1490. The molecule has 0 N–H and O–H groups in total. The van der Waals surface area contributed by atoms with Crippen molar-refractivity contribution in [3.63, 3.8) is 0 Å². The molecule has 0 aliphatic rings. The fourth-order valence-corrected chi connectivity index (χ4v) is 4.81. The molecule has 2 heteroatoms. The minimum Gasteiger partial charge on any atom is -0.314 e. The Morgan fingerprint density at radius 1 is 0.433 bits per heavy atom. The number of fused-ring (bicyclic) bond motifs is 4. The molecule has 0 radical (unpaired) electrons. The fourth-order valence-electron chi connectivity index (χ4n) is 4.81. The maximum atomic E-state index is 2.36. The predicted molar refractivity (Wildman–Crippen MR) is 127 cm³/mol. The van der Waals surface area contributed by atoms with Crippen molar-refractivity contribution in [2.75, 3.05) is 0 Å². The van der Waals surface area contributed by atoms with Gasteiger partial charge in [-0.2, -0.15) is 0 Å². The van der Waals surface area contributed by atoms with Gasteiger partial charge in [0.2, 0.25) is 0 Å². The molecule has 0 atom stereocenters. The van der Waals surface area contributed by atoms with E-state index in [2.05, 4.69) is 120 Å². The van der Waals surface area contributed by atoms with Gasteiger partial charge in [-0.05, 0) is 61.9 Å². The Kier molecular flexibility index (Phi) is 3.63. The van der Waals surface area contributed by atoms with Gasteiger partial charge in [0.05, 0.1) is 16.6 Å². The van der Waals surface area contributed by atoms with Gasteiger partial charge in [0.1, 0.15) is 0 Å². The molecule has 0 fully saturated rings. The standard InChI is InChI=1S/C28H22N2/c1-19-20(2)29(26-12-6-3-9-23(19)26)21-15-17-22(18-16-21)30-27-13-7-4-10-24(27)25-11-5-8-14-28(25)30/h3-18H,1-2H3. The Balaban J connectivity index is 1.56. The van der Waals surface area contributed by atoms with E-state index in [4.69, 9.17) is 0 Å². The van der Waals surface area contributed by atoms with E-state index < -0.39 is 0 Å². The smallest absolute Gasteiger partial charge is 0.0541 e. The molecule has 0 bridgehead atoms. The first-order valence-corrected chi connectivity index (χ1v) is 10.4. The third kappa shape index (κ3) is 2.31. The van der Waals surface area contributed by atoms with E-state index in [0.717, 1.165) is 0 Å². The van der Waals surface area contributed by atoms with Crippen LogP contribution in [0.1, 0.15) is 11.3 Å². The lowest BCUT2D eigenvalue weighted by Gasteiger charge is -2.12. The summed E-state index contributed by atoms with van der Waals surface area (Å²) in [5.41, 5.74) is 8.76. The molecule has 6 aromatic rings. The number of aryl methyl sites for hydroxylation is 1. The summed E-state index contributed by atoms with van der Waals surface area (Å²) >= 11 is 0. The second-order valence-electron chi connectivity index (χ2n) is 7.95. The summed E-state index contributed by atoms with van der Waals surface area (Å²) in [5, 5.41) is 3.90. The first-order chi connectivity index (χ1) is 14.7. The molecule has 0 unspecified atom stereocenters. The van der Waals surface area contributed by atoms with E-state index in [-0.39, 0.29) is 0 Å². The van der Waals surface area contributed by atoms with Gasteiger partial charge in [0.15, 0.2) is 0 Å². The van der Waals surface area contributed by atoms with Gasteiger partial charge in [-0.1, -0.05) is 54.6 Å². The molecule has 0 aliphatic heterocycles. The number of benzene rings is 4. The summed E-state index contributed by atoms with van der Waals surface area (Å²) in [6.45, 7) is 4.41. The molecule has 2 aromatic heterocycles. The molecule has 4 aromatic carbocycles. The minimum atomic E-state index is 1.18. The lowest BCUT2D eigenvalue weighted by molar-refractivity contribution is 1.04. The van der Waals surface area contributed by atoms with Crippen molar-refractivity contribution in [3.8, 4) is 11.4 Å². The molecule has 0 saturated carbocycles.